The fraction of sp³-hybridized carbons (Fsp3) is 0.967. The van der Waals surface area contributed by atoms with Crippen LogP contribution in [0.2, 0.25) is 0 Å². The molecule has 0 spiro atoms. The molecule has 0 fully saturated rings. The van der Waals surface area contributed by atoms with E-state index in [-0.39, 0.29) is 19.1 Å². The number of amides is 1. The Hall–Kier alpha value is -0.930. The molecule has 2 unspecified atom stereocenters. The van der Waals surface area contributed by atoms with Crippen LogP contribution in [0.5, 0.6) is 0 Å². The van der Waals surface area contributed by atoms with E-state index in [1.54, 1.807) is 0 Å². The first kappa shape index (κ1) is 37.1. The standard InChI is InChI=1S/C30H61NO7/c1-3-4-5-6-7-8-9-10-11-12-13-14-15-16-17-18-20-36-25-28(2)26-38-30(34)31-19-21-35-22-23-37-27-29(33)24-32/h28-29,32-33H,3-27H2,1-2H3,(H,31,34). The summed E-state index contributed by atoms with van der Waals surface area (Å²) < 4.78 is 21.4. The minimum Gasteiger partial charge on any atom is -0.449 e. The second-order valence-corrected chi connectivity index (χ2v) is 10.5. The van der Waals surface area contributed by atoms with Crippen molar-refractivity contribution >= 4 is 6.09 Å². The molecule has 0 aromatic heterocycles. The second kappa shape index (κ2) is 30.6. The Kier molecular flexibility index (Phi) is 29.9. The number of hydrogen-bond donors (Lipinski definition) is 3. The van der Waals surface area contributed by atoms with Gasteiger partial charge in [-0.15, -0.1) is 0 Å². The molecule has 228 valence electrons. The number of nitrogens with one attached hydrogen (secondary N) is 1. The van der Waals surface area contributed by atoms with Crippen molar-refractivity contribution in [2.45, 2.75) is 123 Å². The normalized spacial score (nSPS) is 12.9. The lowest BCUT2D eigenvalue weighted by atomic mass is 10.0. The summed E-state index contributed by atoms with van der Waals surface area (Å²) in [6.45, 7) is 7.10. The van der Waals surface area contributed by atoms with Crippen molar-refractivity contribution in [1.29, 1.82) is 0 Å². The Labute approximate surface area is 233 Å². The monoisotopic (exact) mass is 547 g/mol. The van der Waals surface area contributed by atoms with Crippen LogP contribution in [0.3, 0.4) is 0 Å². The average Bonchev–Trinajstić information content (AvgIpc) is 2.92. The van der Waals surface area contributed by atoms with Gasteiger partial charge in [-0.1, -0.05) is 110 Å². The van der Waals surface area contributed by atoms with E-state index in [1.165, 1.54) is 96.3 Å². The van der Waals surface area contributed by atoms with Crippen LogP contribution < -0.4 is 5.32 Å². The molecule has 0 radical (unpaired) electrons. The summed E-state index contributed by atoms with van der Waals surface area (Å²) in [6.07, 6.45) is 20.5. The summed E-state index contributed by atoms with van der Waals surface area (Å²) in [4.78, 5) is 11.7. The maximum atomic E-state index is 11.7. The van der Waals surface area contributed by atoms with Gasteiger partial charge in [-0.2, -0.15) is 0 Å². The van der Waals surface area contributed by atoms with Gasteiger partial charge in [0.25, 0.3) is 0 Å². The highest BCUT2D eigenvalue weighted by molar-refractivity contribution is 5.67. The number of alkyl carbamates (subject to hydrolysis) is 1. The van der Waals surface area contributed by atoms with Crippen LogP contribution >= 0.6 is 0 Å². The van der Waals surface area contributed by atoms with Gasteiger partial charge >= 0.3 is 6.09 Å². The highest BCUT2D eigenvalue weighted by Crippen LogP contribution is 2.13. The van der Waals surface area contributed by atoms with Gasteiger partial charge in [-0.05, 0) is 6.42 Å². The SMILES string of the molecule is CCCCCCCCCCCCCCCCCCOCC(C)COC(=O)NCCOCCOCC(O)CO. The Bertz CT molecular complexity index is 482. The highest BCUT2D eigenvalue weighted by Gasteiger charge is 2.07. The van der Waals surface area contributed by atoms with Crippen molar-refractivity contribution < 1.29 is 34.0 Å². The number of hydrogen-bond acceptors (Lipinski definition) is 7. The van der Waals surface area contributed by atoms with Gasteiger partial charge in [0, 0.05) is 19.1 Å². The van der Waals surface area contributed by atoms with E-state index in [0.29, 0.717) is 39.6 Å². The number of aliphatic hydroxyl groups excluding tert-OH is 2. The van der Waals surface area contributed by atoms with E-state index in [1.807, 2.05) is 6.92 Å². The number of rotatable bonds is 30. The highest BCUT2D eigenvalue weighted by atomic mass is 16.6. The van der Waals surface area contributed by atoms with Crippen molar-refractivity contribution in [2.75, 3.05) is 59.4 Å². The van der Waals surface area contributed by atoms with Crippen LogP contribution in [0.25, 0.3) is 0 Å². The summed E-state index contributed by atoms with van der Waals surface area (Å²) in [7, 11) is 0. The second-order valence-electron chi connectivity index (χ2n) is 10.5. The maximum Gasteiger partial charge on any atom is 0.407 e. The van der Waals surface area contributed by atoms with Crippen molar-refractivity contribution in [1.82, 2.24) is 5.32 Å². The number of ether oxygens (including phenoxy) is 4. The Morgan fingerprint density at radius 2 is 1.16 bits per heavy atom. The third-order valence-electron chi connectivity index (χ3n) is 6.45. The van der Waals surface area contributed by atoms with Crippen molar-refractivity contribution in [2.24, 2.45) is 5.92 Å². The fourth-order valence-electron chi connectivity index (χ4n) is 4.07. The molecule has 0 aromatic carbocycles. The van der Waals surface area contributed by atoms with Crippen LogP contribution in [0.15, 0.2) is 0 Å². The zero-order valence-electron chi connectivity index (χ0n) is 24.8. The van der Waals surface area contributed by atoms with E-state index in [4.69, 9.17) is 29.2 Å². The molecule has 0 saturated heterocycles. The third-order valence-corrected chi connectivity index (χ3v) is 6.45. The molecule has 2 atom stereocenters. The third kappa shape index (κ3) is 29.6. The lowest BCUT2D eigenvalue weighted by Gasteiger charge is -2.13. The molecule has 0 aliphatic heterocycles. The van der Waals surface area contributed by atoms with E-state index < -0.39 is 12.2 Å². The lowest BCUT2D eigenvalue weighted by Crippen LogP contribution is -2.30. The zero-order chi connectivity index (χ0) is 27.9. The lowest BCUT2D eigenvalue weighted by molar-refractivity contribution is -0.0144. The predicted molar refractivity (Wildman–Crippen MR) is 154 cm³/mol. The van der Waals surface area contributed by atoms with Gasteiger partial charge in [0.05, 0.1) is 46.2 Å². The van der Waals surface area contributed by atoms with Crippen LogP contribution in [-0.2, 0) is 18.9 Å². The Balaban J connectivity index is 3.27. The summed E-state index contributed by atoms with van der Waals surface area (Å²) >= 11 is 0. The molecule has 0 saturated carbocycles. The molecule has 0 aliphatic rings. The summed E-state index contributed by atoms with van der Waals surface area (Å²) in [5.74, 6) is 0.157. The molecule has 0 aliphatic carbocycles. The summed E-state index contributed by atoms with van der Waals surface area (Å²) in [5, 5.41) is 20.4. The molecule has 0 rings (SSSR count). The van der Waals surface area contributed by atoms with Gasteiger partial charge < -0.3 is 34.5 Å². The van der Waals surface area contributed by atoms with Crippen LogP contribution in [0.4, 0.5) is 4.79 Å². The molecule has 0 bridgehead atoms. The quantitative estimate of drug-likeness (QED) is 0.0945. The predicted octanol–water partition coefficient (Wildman–Crippen LogP) is 6.01. The molecule has 0 aromatic rings. The molecule has 8 heteroatoms. The minimum atomic E-state index is -0.863. The number of unbranched alkanes of at least 4 members (excludes halogenated alkanes) is 15. The summed E-state index contributed by atoms with van der Waals surface area (Å²) in [6, 6.07) is 0. The van der Waals surface area contributed by atoms with Crippen molar-refractivity contribution in [3.05, 3.63) is 0 Å². The van der Waals surface area contributed by atoms with E-state index >= 15 is 0 Å². The number of carbonyl (C=O) groups is 1. The summed E-state index contributed by atoms with van der Waals surface area (Å²) in [5.41, 5.74) is 0. The Morgan fingerprint density at radius 3 is 1.71 bits per heavy atom. The largest absolute Gasteiger partial charge is 0.449 e. The van der Waals surface area contributed by atoms with Crippen LogP contribution in [-0.4, -0.2) is 81.8 Å². The van der Waals surface area contributed by atoms with Gasteiger partial charge in [0.1, 0.15) is 6.10 Å². The molecule has 38 heavy (non-hydrogen) atoms. The van der Waals surface area contributed by atoms with E-state index in [0.717, 1.165) is 13.0 Å². The first-order valence-corrected chi connectivity index (χ1v) is 15.5. The van der Waals surface area contributed by atoms with Crippen LogP contribution in [0.1, 0.15) is 117 Å². The smallest absolute Gasteiger partial charge is 0.407 e. The molecule has 3 N–H and O–H groups in total. The fourth-order valence-corrected chi connectivity index (χ4v) is 4.07. The van der Waals surface area contributed by atoms with Gasteiger partial charge in [-0.25, -0.2) is 4.79 Å². The average molecular weight is 548 g/mol. The van der Waals surface area contributed by atoms with Gasteiger partial charge in [0.15, 0.2) is 0 Å². The molecule has 1 amide bonds. The first-order valence-electron chi connectivity index (χ1n) is 15.5. The molecule has 8 nitrogen and oxygen atoms in total. The minimum absolute atomic E-state index is 0.0752. The first-order chi connectivity index (χ1) is 18.6. The molecule has 0 heterocycles. The number of aliphatic hydroxyl groups is 2. The van der Waals surface area contributed by atoms with Crippen molar-refractivity contribution in [3.8, 4) is 0 Å². The zero-order valence-corrected chi connectivity index (χ0v) is 24.8. The molecular formula is C30H61NO7. The number of carbonyl (C=O) groups excluding carboxylic acids is 1. The Morgan fingerprint density at radius 1 is 0.658 bits per heavy atom. The van der Waals surface area contributed by atoms with Crippen LogP contribution in [0, 0.1) is 5.92 Å². The maximum absolute atomic E-state index is 11.7. The van der Waals surface area contributed by atoms with E-state index in [9.17, 15) is 4.79 Å². The van der Waals surface area contributed by atoms with Gasteiger partial charge in [0.2, 0.25) is 0 Å². The van der Waals surface area contributed by atoms with E-state index in [2.05, 4.69) is 12.2 Å². The topological polar surface area (TPSA) is 106 Å². The molecular weight excluding hydrogens is 486 g/mol. The van der Waals surface area contributed by atoms with Gasteiger partial charge in [-0.3, -0.25) is 0 Å². The van der Waals surface area contributed by atoms with Crippen molar-refractivity contribution in [3.63, 3.8) is 0 Å².